The molecule has 12 heavy (non-hydrogen) atoms. The topological polar surface area (TPSA) is 38.1 Å². The number of aliphatic hydroxyl groups is 1. The van der Waals surface area contributed by atoms with Gasteiger partial charge in [0, 0.05) is 12.8 Å². The first-order chi connectivity index (χ1) is 5.66. The molecule has 0 amide bonds. The maximum absolute atomic E-state index is 9.63. The van der Waals surface area contributed by atoms with Gasteiger partial charge in [0.05, 0.1) is 11.9 Å². The van der Waals surface area contributed by atoms with Crippen LogP contribution in [0.3, 0.4) is 0 Å². The van der Waals surface area contributed by atoms with E-state index in [-0.39, 0.29) is 0 Å². The van der Waals surface area contributed by atoms with Crippen molar-refractivity contribution in [3.63, 3.8) is 0 Å². The molecule has 68 valence electrons. The van der Waals surface area contributed by atoms with Crippen molar-refractivity contribution in [3.8, 4) is 0 Å². The van der Waals surface area contributed by atoms with E-state index in [1.165, 1.54) is 0 Å². The van der Waals surface area contributed by atoms with Crippen LogP contribution in [-0.4, -0.2) is 26.7 Å². The summed E-state index contributed by atoms with van der Waals surface area (Å²) in [6.45, 7) is 1.93. The minimum Gasteiger partial charge on any atom is -0.386 e. The summed E-state index contributed by atoms with van der Waals surface area (Å²) in [7, 11) is 1.92. The molecule has 0 aromatic carbocycles. The third-order valence-corrected chi connectivity index (χ3v) is 2.57. The molecule has 4 heteroatoms. The molecule has 0 spiro atoms. The maximum Gasteiger partial charge on any atom is 0.105 e. The van der Waals surface area contributed by atoms with Crippen LogP contribution >= 0.6 is 11.8 Å². The van der Waals surface area contributed by atoms with Crippen molar-refractivity contribution in [2.45, 2.75) is 13.0 Å². The number of hydrogen-bond acceptors (Lipinski definition) is 3. The SMILES string of the molecule is CSCC(O)c1cnc(C)n1C. The van der Waals surface area contributed by atoms with Crippen molar-refractivity contribution in [1.82, 2.24) is 9.55 Å². The molecule has 0 aliphatic carbocycles. The van der Waals surface area contributed by atoms with Crippen molar-refractivity contribution in [2.24, 2.45) is 7.05 Å². The lowest BCUT2D eigenvalue weighted by Crippen LogP contribution is -2.06. The fraction of sp³-hybridized carbons (Fsp3) is 0.625. The number of nitrogens with zero attached hydrogens (tertiary/aromatic N) is 2. The summed E-state index contributed by atoms with van der Waals surface area (Å²) in [4.78, 5) is 4.11. The van der Waals surface area contributed by atoms with Gasteiger partial charge >= 0.3 is 0 Å². The second kappa shape index (κ2) is 3.96. The van der Waals surface area contributed by atoms with Gasteiger partial charge in [0.1, 0.15) is 11.9 Å². The molecule has 1 aromatic heterocycles. The normalized spacial score (nSPS) is 13.3. The third-order valence-electron chi connectivity index (χ3n) is 1.92. The Morgan fingerprint density at radius 1 is 1.75 bits per heavy atom. The highest BCUT2D eigenvalue weighted by molar-refractivity contribution is 7.98. The second-order valence-electron chi connectivity index (χ2n) is 2.76. The number of rotatable bonds is 3. The van der Waals surface area contributed by atoms with Gasteiger partial charge < -0.3 is 9.67 Å². The quantitative estimate of drug-likeness (QED) is 0.769. The van der Waals surface area contributed by atoms with Gasteiger partial charge in [0.25, 0.3) is 0 Å². The van der Waals surface area contributed by atoms with Crippen molar-refractivity contribution in [2.75, 3.05) is 12.0 Å². The first-order valence-electron chi connectivity index (χ1n) is 3.82. The van der Waals surface area contributed by atoms with Crippen LogP contribution in [0.2, 0.25) is 0 Å². The van der Waals surface area contributed by atoms with Gasteiger partial charge in [-0.05, 0) is 13.2 Å². The van der Waals surface area contributed by atoms with Crippen LogP contribution in [-0.2, 0) is 7.05 Å². The zero-order chi connectivity index (χ0) is 9.14. The summed E-state index contributed by atoms with van der Waals surface area (Å²) in [5, 5.41) is 9.63. The van der Waals surface area contributed by atoms with Crippen LogP contribution in [0.4, 0.5) is 0 Å². The molecular formula is C8H14N2OS. The van der Waals surface area contributed by atoms with Crippen LogP contribution in [0.5, 0.6) is 0 Å². The molecule has 1 aromatic rings. The number of aryl methyl sites for hydroxylation is 1. The van der Waals surface area contributed by atoms with E-state index in [9.17, 15) is 5.11 Å². The summed E-state index contributed by atoms with van der Waals surface area (Å²) >= 11 is 1.63. The Balaban J connectivity index is 2.80. The molecular weight excluding hydrogens is 172 g/mol. The standard InChI is InChI=1S/C8H14N2OS/c1-6-9-4-7(10(6)2)8(11)5-12-3/h4,8,11H,5H2,1-3H3. The predicted octanol–water partition coefficient (Wildman–Crippen LogP) is 1.12. The van der Waals surface area contributed by atoms with Gasteiger partial charge in [-0.2, -0.15) is 11.8 Å². The first kappa shape index (κ1) is 9.61. The van der Waals surface area contributed by atoms with Crippen LogP contribution in [0.25, 0.3) is 0 Å². The Hall–Kier alpha value is -0.480. The summed E-state index contributed by atoms with van der Waals surface area (Å²) < 4.78 is 1.92. The molecule has 0 saturated carbocycles. The van der Waals surface area contributed by atoms with E-state index >= 15 is 0 Å². The van der Waals surface area contributed by atoms with Crippen molar-refractivity contribution in [1.29, 1.82) is 0 Å². The molecule has 1 atom stereocenters. The van der Waals surface area contributed by atoms with Gasteiger partial charge in [0.15, 0.2) is 0 Å². The average molecular weight is 186 g/mol. The molecule has 0 saturated heterocycles. The monoisotopic (exact) mass is 186 g/mol. The number of hydrogen-bond donors (Lipinski definition) is 1. The highest BCUT2D eigenvalue weighted by Gasteiger charge is 2.11. The maximum atomic E-state index is 9.63. The molecule has 0 aliphatic rings. The van der Waals surface area contributed by atoms with Crippen LogP contribution in [0.15, 0.2) is 6.20 Å². The summed E-state index contributed by atoms with van der Waals surface area (Å²) in [5.74, 6) is 1.66. The lowest BCUT2D eigenvalue weighted by atomic mass is 10.3. The highest BCUT2D eigenvalue weighted by atomic mass is 32.2. The summed E-state index contributed by atoms with van der Waals surface area (Å²) in [5.41, 5.74) is 0.891. The molecule has 3 nitrogen and oxygen atoms in total. The van der Waals surface area contributed by atoms with Gasteiger partial charge in [-0.15, -0.1) is 0 Å². The van der Waals surface area contributed by atoms with Crippen LogP contribution in [0.1, 0.15) is 17.6 Å². The van der Waals surface area contributed by atoms with Crippen LogP contribution in [0, 0.1) is 6.92 Å². The van der Waals surface area contributed by atoms with Crippen molar-refractivity contribution >= 4 is 11.8 Å². The fourth-order valence-corrected chi connectivity index (χ4v) is 1.56. The first-order valence-corrected chi connectivity index (χ1v) is 5.21. The molecule has 0 bridgehead atoms. The van der Waals surface area contributed by atoms with E-state index < -0.39 is 6.10 Å². The Kier molecular flexibility index (Phi) is 3.17. The van der Waals surface area contributed by atoms with Crippen molar-refractivity contribution < 1.29 is 5.11 Å². The Labute approximate surface area is 76.8 Å². The van der Waals surface area contributed by atoms with E-state index in [0.717, 1.165) is 17.3 Å². The number of thioether (sulfide) groups is 1. The van der Waals surface area contributed by atoms with Crippen molar-refractivity contribution in [3.05, 3.63) is 17.7 Å². The molecule has 1 N–H and O–H groups in total. The number of imidazole rings is 1. The van der Waals surface area contributed by atoms with E-state index in [2.05, 4.69) is 4.98 Å². The Bertz CT molecular complexity index is 260. The van der Waals surface area contributed by atoms with Gasteiger partial charge in [-0.25, -0.2) is 4.98 Å². The number of aliphatic hydroxyl groups excluding tert-OH is 1. The van der Waals surface area contributed by atoms with E-state index in [1.54, 1.807) is 18.0 Å². The molecule has 1 unspecified atom stereocenters. The van der Waals surface area contributed by atoms with Gasteiger partial charge in [0.2, 0.25) is 0 Å². The van der Waals surface area contributed by atoms with Gasteiger partial charge in [-0.3, -0.25) is 0 Å². The predicted molar refractivity (Wildman–Crippen MR) is 51.3 cm³/mol. The average Bonchev–Trinajstić information content (AvgIpc) is 2.34. The fourth-order valence-electron chi connectivity index (χ4n) is 1.07. The molecule has 0 radical (unpaired) electrons. The van der Waals surface area contributed by atoms with Crippen LogP contribution < -0.4 is 0 Å². The van der Waals surface area contributed by atoms with Gasteiger partial charge in [-0.1, -0.05) is 0 Å². The number of aromatic nitrogens is 2. The van der Waals surface area contributed by atoms with E-state index in [4.69, 9.17) is 0 Å². The Morgan fingerprint density at radius 2 is 2.42 bits per heavy atom. The van der Waals surface area contributed by atoms with E-state index in [1.807, 2.05) is 24.8 Å². The molecule has 0 aliphatic heterocycles. The highest BCUT2D eigenvalue weighted by Crippen LogP contribution is 2.16. The zero-order valence-corrected chi connectivity index (χ0v) is 8.43. The smallest absolute Gasteiger partial charge is 0.105 e. The Morgan fingerprint density at radius 3 is 2.83 bits per heavy atom. The zero-order valence-electron chi connectivity index (χ0n) is 7.61. The van der Waals surface area contributed by atoms with E-state index in [0.29, 0.717) is 0 Å². The summed E-state index contributed by atoms with van der Waals surface area (Å²) in [6, 6.07) is 0. The molecule has 1 heterocycles. The molecule has 0 fully saturated rings. The summed E-state index contributed by atoms with van der Waals surface area (Å²) in [6.07, 6.45) is 3.31. The lowest BCUT2D eigenvalue weighted by molar-refractivity contribution is 0.195. The minimum atomic E-state index is -0.397. The molecule has 1 rings (SSSR count). The largest absolute Gasteiger partial charge is 0.386 e. The second-order valence-corrected chi connectivity index (χ2v) is 3.67. The third kappa shape index (κ3) is 1.81. The minimum absolute atomic E-state index is 0.397. The lowest BCUT2D eigenvalue weighted by Gasteiger charge is -2.09.